The van der Waals surface area contributed by atoms with Gasteiger partial charge in [0.2, 0.25) is 5.88 Å². The van der Waals surface area contributed by atoms with Crippen LogP contribution in [0.3, 0.4) is 0 Å². The Kier molecular flexibility index (Phi) is 3.92. The number of aromatic hydroxyl groups is 1. The van der Waals surface area contributed by atoms with Gasteiger partial charge in [-0.3, -0.25) is 14.3 Å². The quantitative estimate of drug-likeness (QED) is 0.395. The standard InChI is InChI=1S/C21H18N4O2S/c26-19-16(20(27)25(21(28)24-19)12-6-2-1-3-7-12)18-17-14(10-11-22-18)13-8-4-5-9-15(13)23-17/h1-9,18,22-23,27H,10-11H2,(H,24,26,28)/p+1/t18-/m0/s1. The summed E-state index contributed by atoms with van der Waals surface area (Å²) in [6, 6.07) is 17.1. The first-order valence-electron chi connectivity index (χ1n) is 9.21. The van der Waals surface area contributed by atoms with Crippen LogP contribution >= 0.6 is 12.2 Å². The molecular weight excluding hydrogens is 372 g/mol. The molecule has 0 bridgehead atoms. The maximum atomic E-state index is 12.8. The number of para-hydroxylation sites is 2. The number of aromatic amines is 2. The zero-order valence-electron chi connectivity index (χ0n) is 15.0. The molecule has 28 heavy (non-hydrogen) atoms. The first-order chi connectivity index (χ1) is 13.6. The summed E-state index contributed by atoms with van der Waals surface area (Å²) in [4.78, 5) is 19.0. The number of hydrogen-bond donors (Lipinski definition) is 4. The van der Waals surface area contributed by atoms with E-state index in [1.165, 1.54) is 15.5 Å². The molecule has 2 aromatic heterocycles. The van der Waals surface area contributed by atoms with Crippen molar-refractivity contribution < 1.29 is 10.4 Å². The number of nitrogens with zero attached hydrogens (tertiary/aromatic N) is 1. The summed E-state index contributed by atoms with van der Waals surface area (Å²) < 4.78 is 1.68. The number of quaternary nitrogens is 1. The highest BCUT2D eigenvalue weighted by molar-refractivity contribution is 7.71. The van der Waals surface area contributed by atoms with Crippen LogP contribution in [-0.2, 0) is 6.42 Å². The lowest BCUT2D eigenvalue weighted by Crippen LogP contribution is -2.87. The van der Waals surface area contributed by atoms with Crippen molar-refractivity contribution in [3.05, 3.63) is 86.5 Å². The average molecular weight is 391 g/mol. The van der Waals surface area contributed by atoms with E-state index in [9.17, 15) is 9.90 Å². The van der Waals surface area contributed by atoms with Crippen molar-refractivity contribution >= 4 is 23.1 Å². The molecule has 0 radical (unpaired) electrons. The predicted octanol–water partition coefficient (Wildman–Crippen LogP) is 2.29. The van der Waals surface area contributed by atoms with Gasteiger partial charge >= 0.3 is 0 Å². The van der Waals surface area contributed by atoms with Crippen molar-refractivity contribution in [2.45, 2.75) is 12.5 Å². The lowest BCUT2D eigenvalue weighted by Gasteiger charge is -2.22. The SMILES string of the molecule is O=c1[nH]c(=S)n(-c2ccccc2)c(O)c1[C@@H]1[NH2+]CCc2c1[nH]c1ccccc21. The van der Waals surface area contributed by atoms with E-state index in [4.69, 9.17) is 12.2 Å². The molecule has 140 valence electrons. The third-order valence-corrected chi connectivity index (χ3v) is 5.69. The molecule has 0 aliphatic carbocycles. The number of hydrogen-bond acceptors (Lipinski definition) is 3. The number of nitrogens with two attached hydrogens (primary N) is 1. The van der Waals surface area contributed by atoms with Gasteiger partial charge in [0, 0.05) is 17.3 Å². The van der Waals surface area contributed by atoms with Crippen molar-refractivity contribution in [3.8, 4) is 11.6 Å². The van der Waals surface area contributed by atoms with Crippen LogP contribution in [0.2, 0.25) is 0 Å². The summed E-state index contributed by atoms with van der Waals surface area (Å²) in [6.07, 6.45) is 0.909. The van der Waals surface area contributed by atoms with E-state index in [0.29, 0.717) is 11.3 Å². The van der Waals surface area contributed by atoms with Gasteiger partial charge in [-0.05, 0) is 36.0 Å². The smallest absolute Gasteiger partial charge is 0.265 e. The van der Waals surface area contributed by atoms with Gasteiger partial charge in [0.25, 0.3) is 5.56 Å². The maximum Gasteiger partial charge on any atom is 0.265 e. The number of benzene rings is 2. The number of aromatic nitrogens is 3. The topological polar surface area (TPSA) is 90.4 Å². The van der Waals surface area contributed by atoms with Gasteiger partial charge in [0.15, 0.2) is 10.8 Å². The summed E-state index contributed by atoms with van der Waals surface area (Å²) in [6.45, 7) is 0.833. The van der Waals surface area contributed by atoms with E-state index in [0.717, 1.165) is 24.2 Å². The lowest BCUT2D eigenvalue weighted by molar-refractivity contribution is -0.690. The Morgan fingerprint density at radius 1 is 1.07 bits per heavy atom. The first-order valence-corrected chi connectivity index (χ1v) is 9.62. The van der Waals surface area contributed by atoms with E-state index < -0.39 is 0 Å². The Balaban J connectivity index is 1.76. The van der Waals surface area contributed by atoms with Crippen LogP contribution in [0.4, 0.5) is 0 Å². The molecule has 4 aromatic rings. The summed E-state index contributed by atoms with van der Waals surface area (Å²) in [5, 5.41) is 14.4. The van der Waals surface area contributed by atoms with Crippen LogP contribution in [0.1, 0.15) is 22.9 Å². The second-order valence-corrected chi connectivity index (χ2v) is 7.37. The van der Waals surface area contributed by atoms with Crippen LogP contribution in [0.15, 0.2) is 59.4 Å². The summed E-state index contributed by atoms with van der Waals surface area (Å²) in [5.74, 6) is -0.118. The van der Waals surface area contributed by atoms with Crippen LogP contribution in [-0.4, -0.2) is 26.2 Å². The monoisotopic (exact) mass is 391 g/mol. The maximum absolute atomic E-state index is 12.8. The Morgan fingerprint density at radius 2 is 1.82 bits per heavy atom. The minimum Gasteiger partial charge on any atom is -0.494 e. The fourth-order valence-electron chi connectivity index (χ4n) is 4.17. The van der Waals surface area contributed by atoms with E-state index in [1.54, 1.807) is 0 Å². The molecule has 1 atom stereocenters. The largest absolute Gasteiger partial charge is 0.494 e. The molecule has 0 saturated carbocycles. The minimum absolute atomic E-state index is 0.118. The molecule has 0 fully saturated rings. The summed E-state index contributed by atoms with van der Waals surface area (Å²) in [5.41, 5.74) is 3.86. The fourth-order valence-corrected chi connectivity index (χ4v) is 4.45. The second-order valence-electron chi connectivity index (χ2n) is 6.98. The highest BCUT2D eigenvalue weighted by atomic mass is 32.1. The normalized spacial score (nSPS) is 16.2. The Hall–Kier alpha value is -3.16. The molecule has 0 spiro atoms. The molecule has 1 aliphatic heterocycles. The Bertz CT molecular complexity index is 1300. The lowest BCUT2D eigenvalue weighted by atomic mass is 9.95. The number of nitrogens with one attached hydrogen (secondary N) is 2. The Morgan fingerprint density at radius 3 is 2.64 bits per heavy atom. The molecule has 1 aliphatic rings. The van der Waals surface area contributed by atoms with Gasteiger partial charge in [-0.15, -0.1) is 0 Å². The third kappa shape index (κ3) is 2.51. The van der Waals surface area contributed by atoms with Gasteiger partial charge in [-0.2, -0.15) is 0 Å². The fraction of sp³-hybridized carbons (Fsp3) is 0.143. The average Bonchev–Trinajstić information content (AvgIpc) is 3.08. The number of H-pyrrole nitrogens is 2. The highest BCUT2D eigenvalue weighted by Gasteiger charge is 2.34. The molecule has 5 rings (SSSR count). The van der Waals surface area contributed by atoms with Gasteiger partial charge in [0.05, 0.1) is 17.9 Å². The Labute approximate surface area is 165 Å². The predicted molar refractivity (Wildman–Crippen MR) is 110 cm³/mol. The summed E-state index contributed by atoms with van der Waals surface area (Å²) >= 11 is 5.33. The van der Waals surface area contributed by atoms with E-state index in [2.05, 4.69) is 21.4 Å². The molecular formula is C21H19N4O2S+. The minimum atomic E-state index is -0.359. The van der Waals surface area contributed by atoms with E-state index in [-0.39, 0.29) is 22.3 Å². The van der Waals surface area contributed by atoms with Crippen molar-refractivity contribution in [1.82, 2.24) is 14.5 Å². The van der Waals surface area contributed by atoms with Crippen molar-refractivity contribution in [2.24, 2.45) is 0 Å². The van der Waals surface area contributed by atoms with Crippen LogP contribution < -0.4 is 10.9 Å². The molecule has 3 heterocycles. The number of fused-ring (bicyclic) bond motifs is 3. The van der Waals surface area contributed by atoms with Crippen LogP contribution in [0.25, 0.3) is 16.6 Å². The second kappa shape index (κ2) is 6.47. The zero-order valence-corrected chi connectivity index (χ0v) is 15.8. The molecule has 0 amide bonds. The van der Waals surface area contributed by atoms with Gasteiger partial charge in [0.1, 0.15) is 5.56 Å². The molecule has 5 N–H and O–H groups in total. The first kappa shape index (κ1) is 17.0. The highest BCUT2D eigenvalue weighted by Crippen LogP contribution is 2.33. The van der Waals surface area contributed by atoms with Crippen molar-refractivity contribution in [2.75, 3.05) is 6.54 Å². The van der Waals surface area contributed by atoms with Crippen LogP contribution in [0.5, 0.6) is 5.88 Å². The van der Waals surface area contributed by atoms with Gasteiger partial charge in [-0.1, -0.05) is 36.4 Å². The van der Waals surface area contributed by atoms with Crippen molar-refractivity contribution in [3.63, 3.8) is 0 Å². The zero-order chi connectivity index (χ0) is 19.3. The third-order valence-electron chi connectivity index (χ3n) is 5.40. The summed E-state index contributed by atoms with van der Waals surface area (Å²) in [7, 11) is 0. The van der Waals surface area contributed by atoms with Crippen LogP contribution in [0, 0.1) is 4.77 Å². The number of rotatable bonds is 2. The molecule has 6 nitrogen and oxygen atoms in total. The molecule has 0 saturated heterocycles. The van der Waals surface area contributed by atoms with Crippen molar-refractivity contribution in [1.29, 1.82) is 0 Å². The molecule has 7 heteroatoms. The van der Waals surface area contributed by atoms with Gasteiger partial charge in [-0.25, -0.2) is 0 Å². The van der Waals surface area contributed by atoms with Gasteiger partial charge < -0.3 is 15.4 Å². The molecule has 0 unspecified atom stereocenters. The van der Waals surface area contributed by atoms with E-state index in [1.807, 2.05) is 48.5 Å². The molecule has 2 aromatic carbocycles. The van der Waals surface area contributed by atoms with E-state index >= 15 is 0 Å².